The summed E-state index contributed by atoms with van der Waals surface area (Å²) in [4.78, 5) is 4.01. The van der Waals surface area contributed by atoms with Crippen molar-refractivity contribution in [3.8, 4) is 0 Å². The van der Waals surface area contributed by atoms with Crippen molar-refractivity contribution in [3.63, 3.8) is 0 Å². The normalized spacial score (nSPS) is 10.4. The van der Waals surface area contributed by atoms with Crippen LogP contribution in [0.3, 0.4) is 0 Å². The fraction of sp³-hybridized carbons (Fsp3) is 0.300. The first-order chi connectivity index (χ1) is 7.78. The van der Waals surface area contributed by atoms with Crippen LogP contribution < -0.4 is 5.32 Å². The van der Waals surface area contributed by atoms with E-state index in [2.05, 4.69) is 27.4 Å². The van der Waals surface area contributed by atoms with E-state index in [4.69, 9.17) is 11.6 Å². The molecule has 0 aliphatic carbocycles. The van der Waals surface area contributed by atoms with Gasteiger partial charge in [0.1, 0.15) is 10.2 Å². The number of aromatic nitrogens is 3. The Morgan fingerprint density at radius 1 is 1.38 bits per heavy atom. The van der Waals surface area contributed by atoms with Gasteiger partial charge in [0, 0.05) is 12.7 Å². The number of pyridine rings is 1. The molecule has 0 fully saturated rings. The highest BCUT2D eigenvalue weighted by atomic mass is 35.5. The average Bonchev–Trinajstić information content (AvgIpc) is 2.76. The van der Waals surface area contributed by atoms with E-state index in [-0.39, 0.29) is 0 Å². The second kappa shape index (κ2) is 5.23. The van der Waals surface area contributed by atoms with E-state index in [1.807, 2.05) is 6.07 Å². The molecule has 16 heavy (non-hydrogen) atoms. The molecule has 2 aromatic rings. The predicted octanol–water partition coefficient (Wildman–Crippen LogP) is 2.76. The molecule has 0 bridgehead atoms. The molecular weight excluding hydrogens is 244 g/mol. The van der Waals surface area contributed by atoms with E-state index in [0.717, 1.165) is 22.1 Å². The summed E-state index contributed by atoms with van der Waals surface area (Å²) in [6.07, 6.45) is 2.67. The van der Waals surface area contributed by atoms with Crippen LogP contribution in [-0.4, -0.2) is 15.2 Å². The van der Waals surface area contributed by atoms with Crippen LogP contribution in [0, 0.1) is 0 Å². The second-order valence-electron chi connectivity index (χ2n) is 3.20. The van der Waals surface area contributed by atoms with E-state index < -0.39 is 0 Å². The molecule has 4 nitrogen and oxygen atoms in total. The van der Waals surface area contributed by atoms with Gasteiger partial charge in [-0.15, -0.1) is 10.2 Å². The van der Waals surface area contributed by atoms with Gasteiger partial charge in [0.2, 0.25) is 5.13 Å². The van der Waals surface area contributed by atoms with Crippen molar-refractivity contribution in [1.82, 2.24) is 15.2 Å². The molecule has 2 rings (SSSR count). The lowest BCUT2D eigenvalue weighted by atomic mass is 10.3. The number of rotatable bonds is 4. The molecule has 0 amide bonds. The van der Waals surface area contributed by atoms with Crippen LogP contribution in [0.4, 0.5) is 5.13 Å². The standard InChI is InChI=1S/C10H11ClN4S/c1-2-9-14-15-10(16-9)13-6-7-3-4-8(11)12-5-7/h3-5H,2,6H2,1H3,(H,13,15). The largest absolute Gasteiger partial charge is 0.356 e. The number of aryl methyl sites for hydroxylation is 1. The molecule has 0 atom stereocenters. The molecule has 84 valence electrons. The summed E-state index contributed by atoms with van der Waals surface area (Å²) in [6, 6.07) is 3.71. The van der Waals surface area contributed by atoms with Crippen molar-refractivity contribution < 1.29 is 0 Å². The Kier molecular flexibility index (Phi) is 3.69. The van der Waals surface area contributed by atoms with Crippen molar-refractivity contribution in [2.75, 3.05) is 5.32 Å². The van der Waals surface area contributed by atoms with Crippen LogP contribution in [0.25, 0.3) is 0 Å². The molecule has 2 heterocycles. The van der Waals surface area contributed by atoms with Crippen molar-refractivity contribution >= 4 is 28.1 Å². The van der Waals surface area contributed by atoms with Gasteiger partial charge < -0.3 is 5.32 Å². The van der Waals surface area contributed by atoms with Crippen LogP contribution in [0.5, 0.6) is 0 Å². The summed E-state index contributed by atoms with van der Waals surface area (Å²) in [5, 5.41) is 13.6. The van der Waals surface area contributed by atoms with Crippen LogP contribution >= 0.6 is 22.9 Å². The fourth-order valence-corrected chi connectivity index (χ4v) is 1.94. The topological polar surface area (TPSA) is 50.7 Å². The first kappa shape index (κ1) is 11.3. The SMILES string of the molecule is CCc1nnc(NCc2ccc(Cl)nc2)s1. The first-order valence-electron chi connectivity index (χ1n) is 4.94. The van der Waals surface area contributed by atoms with Gasteiger partial charge in [-0.05, 0) is 18.1 Å². The average molecular weight is 255 g/mol. The summed E-state index contributed by atoms with van der Waals surface area (Å²) in [5.74, 6) is 0. The maximum Gasteiger partial charge on any atom is 0.205 e. The zero-order valence-electron chi connectivity index (χ0n) is 8.77. The molecular formula is C10H11ClN4S. The van der Waals surface area contributed by atoms with Gasteiger partial charge in [-0.2, -0.15) is 0 Å². The van der Waals surface area contributed by atoms with Gasteiger partial charge in [0.15, 0.2) is 0 Å². The van der Waals surface area contributed by atoms with Crippen molar-refractivity contribution in [2.24, 2.45) is 0 Å². The summed E-state index contributed by atoms with van der Waals surface area (Å²) < 4.78 is 0. The Morgan fingerprint density at radius 3 is 2.88 bits per heavy atom. The van der Waals surface area contributed by atoms with Crippen LogP contribution in [0.15, 0.2) is 18.3 Å². The number of hydrogen-bond acceptors (Lipinski definition) is 5. The highest BCUT2D eigenvalue weighted by molar-refractivity contribution is 7.15. The highest BCUT2D eigenvalue weighted by Crippen LogP contribution is 2.16. The van der Waals surface area contributed by atoms with E-state index in [0.29, 0.717) is 11.7 Å². The Balaban J connectivity index is 1.94. The minimum atomic E-state index is 0.507. The third kappa shape index (κ3) is 2.90. The Hall–Kier alpha value is -1.20. The number of halogens is 1. The summed E-state index contributed by atoms with van der Waals surface area (Å²) in [6.45, 7) is 2.75. The van der Waals surface area contributed by atoms with Crippen molar-refractivity contribution in [1.29, 1.82) is 0 Å². The molecule has 2 aromatic heterocycles. The fourth-order valence-electron chi connectivity index (χ4n) is 1.16. The van der Waals surface area contributed by atoms with Gasteiger partial charge in [0.25, 0.3) is 0 Å². The first-order valence-corrected chi connectivity index (χ1v) is 6.14. The number of anilines is 1. The Morgan fingerprint density at radius 2 is 2.25 bits per heavy atom. The van der Waals surface area contributed by atoms with E-state index >= 15 is 0 Å². The predicted molar refractivity (Wildman–Crippen MR) is 65.9 cm³/mol. The molecule has 0 aliphatic heterocycles. The molecule has 0 saturated carbocycles. The minimum Gasteiger partial charge on any atom is -0.356 e. The lowest BCUT2D eigenvalue weighted by Gasteiger charge is -2.01. The zero-order chi connectivity index (χ0) is 11.4. The summed E-state index contributed by atoms with van der Waals surface area (Å²) in [7, 11) is 0. The number of nitrogens with zero attached hydrogens (tertiary/aromatic N) is 3. The molecule has 0 aromatic carbocycles. The quantitative estimate of drug-likeness (QED) is 0.853. The van der Waals surface area contributed by atoms with Gasteiger partial charge in [-0.3, -0.25) is 0 Å². The molecule has 0 spiro atoms. The van der Waals surface area contributed by atoms with E-state index in [9.17, 15) is 0 Å². The maximum atomic E-state index is 5.70. The van der Waals surface area contributed by atoms with E-state index in [1.165, 1.54) is 0 Å². The Bertz CT molecular complexity index is 454. The zero-order valence-corrected chi connectivity index (χ0v) is 10.3. The molecule has 6 heteroatoms. The lowest BCUT2D eigenvalue weighted by Crippen LogP contribution is -1.99. The molecule has 0 aliphatic rings. The third-order valence-corrected chi connectivity index (χ3v) is 3.25. The molecule has 0 radical (unpaired) electrons. The van der Waals surface area contributed by atoms with Gasteiger partial charge >= 0.3 is 0 Å². The number of hydrogen-bond donors (Lipinski definition) is 1. The van der Waals surface area contributed by atoms with Gasteiger partial charge in [-0.25, -0.2) is 4.98 Å². The molecule has 1 N–H and O–H groups in total. The third-order valence-electron chi connectivity index (χ3n) is 2.00. The van der Waals surface area contributed by atoms with Crippen LogP contribution in [0.2, 0.25) is 5.15 Å². The molecule has 0 saturated heterocycles. The van der Waals surface area contributed by atoms with Crippen LogP contribution in [-0.2, 0) is 13.0 Å². The van der Waals surface area contributed by atoms with E-state index in [1.54, 1.807) is 23.6 Å². The van der Waals surface area contributed by atoms with Crippen molar-refractivity contribution in [2.45, 2.75) is 19.9 Å². The van der Waals surface area contributed by atoms with Gasteiger partial charge in [0.05, 0.1) is 0 Å². The highest BCUT2D eigenvalue weighted by Gasteiger charge is 2.01. The van der Waals surface area contributed by atoms with Gasteiger partial charge in [-0.1, -0.05) is 35.9 Å². The number of nitrogens with one attached hydrogen (secondary N) is 1. The summed E-state index contributed by atoms with van der Waals surface area (Å²) in [5.41, 5.74) is 1.07. The van der Waals surface area contributed by atoms with Crippen molar-refractivity contribution in [3.05, 3.63) is 34.1 Å². The molecule has 0 unspecified atom stereocenters. The maximum absolute atomic E-state index is 5.70. The monoisotopic (exact) mass is 254 g/mol. The second-order valence-corrected chi connectivity index (χ2v) is 4.65. The Labute approximate surface area is 103 Å². The minimum absolute atomic E-state index is 0.507. The lowest BCUT2D eigenvalue weighted by molar-refractivity contribution is 0.974. The summed E-state index contributed by atoms with van der Waals surface area (Å²) >= 11 is 7.27. The smallest absolute Gasteiger partial charge is 0.205 e. The van der Waals surface area contributed by atoms with Crippen LogP contribution in [0.1, 0.15) is 17.5 Å².